The Labute approximate surface area is 114 Å². The summed E-state index contributed by atoms with van der Waals surface area (Å²) in [4.78, 5) is 4.55. The maximum Gasteiger partial charge on any atom is 0.0482 e. The number of thioether (sulfide) groups is 1. The van der Waals surface area contributed by atoms with E-state index in [1.807, 2.05) is 24.0 Å². The van der Waals surface area contributed by atoms with Crippen LogP contribution in [-0.4, -0.2) is 22.0 Å². The van der Waals surface area contributed by atoms with Gasteiger partial charge in [0.1, 0.15) is 0 Å². The van der Waals surface area contributed by atoms with E-state index in [1.165, 1.54) is 24.1 Å². The van der Waals surface area contributed by atoms with E-state index < -0.39 is 0 Å². The van der Waals surface area contributed by atoms with E-state index in [2.05, 4.69) is 30.3 Å². The highest BCUT2D eigenvalue weighted by Crippen LogP contribution is 2.35. The summed E-state index contributed by atoms with van der Waals surface area (Å²) in [7, 11) is 0. The molecule has 1 aliphatic rings. The zero-order valence-corrected chi connectivity index (χ0v) is 12.0. The largest absolute Gasteiger partial charge is 0.271 e. The van der Waals surface area contributed by atoms with Crippen molar-refractivity contribution in [1.29, 1.82) is 0 Å². The van der Waals surface area contributed by atoms with Crippen LogP contribution in [0.1, 0.15) is 43.9 Å². The van der Waals surface area contributed by atoms with E-state index >= 15 is 0 Å². The molecule has 0 saturated carbocycles. The first-order chi connectivity index (χ1) is 8.76. The average molecular weight is 265 g/mol. The minimum atomic E-state index is 0.333. The topological polar surface area (TPSA) is 50.9 Å². The van der Waals surface area contributed by atoms with Gasteiger partial charge in [0.2, 0.25) is 0 Å². The average Bonchev–Trinajstić information content (AvgIpc) is 2.83. The van der Waals surface area contributed by atoms with Crippen LogP contribution in [0.15, 0.2) is 18.3 Å². The van der Waals surface area contributed by atoms with Crippen molar-refractivity contribution in [2.45, 2.75) is 50.3 Å². The van der Waals surface area contributed by atoms with Crippen molar-refractivity contribution in [2.24, 2.45) is 5.84 Å². The van der Waals surface area contributed by atoms with Gasteiger partial charge in [-0.1, -0.05) is 19.9 Å². The molecule has 3 unspecified atom stereocenters. The molecule has 0 bridgehead atoms. The van der Waals surface area contributed by atoms with Crippen molar-refractivity contribution in [3.8, 4) is 0 Å². The van der Waals surface area contributed by atoms with Crippen molar-refractivity contribution in [2.75, 3.05) is 5.75 Å². The zero-order valence-electron chi connectivity index (χ0n) is 11.2. The van der Waals surface area contributed by atoms with E-state index in [9.17, 15) is 0 Å². The summed E-state index contributed by atoms with van der Waals surface area (Å²) in [6.07, 6.45) is 5.41. The van der Waals surface area contributed by atoms with Crippen molar-refractivity contribution in [1.82, 2.24) is 10.4 Å². The molecule has 1 aliphatic carbocycles. The molecule has 18 heavy (non-hydrogen) atoms. The van der Waals surface area contributed by atoms with E-state index in [1.54, 1.807) is 0 Å². The molecule has 1 aromatic rings. The standard InChI is InChI=1S/C14H23N3S/c1-3-10(2)18-9-13(17-15)12-7-6-11-5-4-8-16-14(11)12/h4-5,8,10,12-13,17H,3,6-7,9,15H2,1-2H3. The second kappa shape index (κ2) is 6.55. The summed E-state index contributed by atoms with van der Waals surface area (Å²) in [6.45, 7) is 4.51. The molecule has 0 radical (unpaired) electrons. The highest BCUT2D eigenvalue weighted by atomic mass is 32.2. The van der Waals surface area contributed by atoms with Gasteiger partial charge in [-0.05, 0) is 30.9 Å². The SMILES string of the molecule is CCC(C)SCC(NN)C1CCc2cccnc21. The molecule has 1 aromatic heterocycles. The highest BCUT2D eigenvalue weighted by Gasteiger charge is 2.30. The molecule has 100 valence electrons. The van der Waals surface area contributed by atoms with Crippen molar-refractivity contribution in [3.05, 3.63) is 29.6 Å². The summed E-state index contributed by atoms with van der Waals surface area (Å²) >= 11 is 2.00. The first-order valence-electron chi connectivity index (χ1n) is 6.77. The van der Waals surface area contributed by atoms with Crippen LogP contribution in [0.2, 0.25) is 0 Å². The summed E-state index contributed by atoms with van der Waals surface area (Å²) in [5.74, 6) is 7.28. The van der Waals surface area contributed by atoms with Crippen LogP contribution in [0.4, 0.5) is 0 Å². The molecule has 3 nitrogen and oxygen atoms in total. The number of rotatable bonds is 6. The molecule has 0 amide bonds. The lowest BCUT2D eigenvalue weighted by atomic mass is 9.99. The molecule has 3 atom stereocenters. The van der Waals surface area contributed by atoms with Gasteiger partial charge in [0.15, 0.2) is 0 Å². The van der Waals surface area contributed by atoms with Gasteiger partial charge in [0.25, 0.3) is 0 Å². The van der Waals surface area contributed by atoms with E-state index in [0.717, 1.165) is 12.2 Å². The van der Waals surface area contributed by atoms with Crippen molar-refractivity contribution in [3.63, 3.8) is 0 Å². The van der Waals surface area contributed by atoms with Gasteiger partial charge in [0, 0.05) is 34.9 Å². The molecule has 3 N–H and O–H groups in total. The van der Waals surface area contributed by atoms with Gasteiger partial charge in [0.05, 0.1) is 0 Å². The predicted octanol–water partition coefficient (Wildman–Crippen LogP) is 2.48. The van der Waals surface area contributed by atoms with E-state index in [-0.39, 0.29) is 0 Å². The number of pyridine rings is 1. The second-order valence-corrected chi connectivity index (χ2v) is 6.49. The van der Waals surface area contributed by atoms with Crippen LogP contribution in [-0.2, 0) is 6.42 Å². The molecule has 0 aromatic carbocycles. The molecule has 0 spiro atoms. The molecular formula is C14H23N3S. The van der Waals surface area contributed by atoms with Crippen LogP contribution in [0.25, 0.3) is 0 Å². The third kappa shape index (κ3) is 3.05. The first-order valence-corrected chi connectivity index (χ1v) is 7.82. The molecule has 1 heterocycles. The Morgan fingerprint density at radius 3 is 3.17 bits per heavy atom. The Morgan fingerprint density at radius 1 is 1.61 bits per heavy atom. The fourth-order valence-electron chi connectivity index (χ4n) is 2.50. The second-order valence-electron chi connectivity index (χ2n) is 5.02. The monoisotopic (exact) mass is 265 g/mol. The highest BCUT2D eigenvalue weighted by molar-refractivity contribution is 7.99. The minimum Gasteiger partial charge on any atom is -0.271 e. The molecule has 0 saturated heterocycles. The quantitative estimate of drug-likeness (QED) is 0.613. The van der Waals surface area contributed by atoms with Crippen molar-refractivity contribution < 1.29 is 0 Å². The van der Waals surface area contributed by atoms with Crippen molar-refractivity contribution >= 4 is 11.8 Å². The van der Waals surface area contributed by atoms with Crippen LogP contribution in [0.3, 0.4) is 0 Å². The van der Waals surface area contributed by atoms with Gasteiger partial charge in [-0.2, -0.15) is 11.8 Å². The third-order valence-electron chi connectivity index (χ3n) is 3.84. The number of hydrogen-bond acceptors (Lipinski definition) is 4. The zero-order chi connectivity index (χ0) is 13.0. The maximum absolute atomic E-state index is 5.75. The number of hydrazine groups is 1. The van der Waals surface area contributed by atoms with Crippen LogP contribution in [0, 0.1) is 0 Å². The van der Waals surface area contributed by atoms with Gasteiger partial charge in [-0.25, -0.2) is 0 Å². The predicted molar refractivity (Wildman–Crippen MR) is 78.6 cm³/mol. The molecule has 2 rings (SSSR count). The Balaban J connectivity index is 2.01. The van der Waals surface area contributed by atoms with Crippen LogP contribution < -0.4 is 11.3 Å². The first kappa shape index (κ1) is 13.8. The summed E-state index contributed by atoms with van der Waals surface area (Å²) in [5.41, 5.74) is 5.66. The fraction of sp³-hybridized carbons (Fsp3) is 0.643. The normalized spacial score (nSPS) is 21.6. The summed E-state index contributed by atoms with van der Waals surface area (Å²) in [6, 6.07) is 4.55. The Bertz CT molecular complexity index is 383. The fourth-order valence-corrected chi connectivity index (χ4v) is 3.60. The Hall–Kier alpha value is -0.580. The number of nitrogens with two attached hydrogens (primary N) is 1. The van der Waals surface area contributed by atoms with E-state index in [4.69, 9.17) is 5.84 Å². The summed E-state index contributed by atoms with van der Waals surface area (Å²) in [5, 5.41) is 0.699. The number of hydrogen-bond donors (Lipinski definition) is 2. The Kier molecular flexibility index (Phi) is 5.03. The summed E-state index contributed by atoms with van der Waals surface area (Å²) < 4.78 is 0. The van der Waals surface area contributed by atoms with Gasteiger partial charge in [-0.15, -0.1) is 0 Å². The van der Waals surface area contributed by atoms with E-state index in [0.29, 0.717) is 17.2 Å². The lowest BCUT2D eigenvalue weighted by molar-refractivity contribution is 0.467. The third-order valence-corrected chi connectivity index (χ3v) is 5.29. The Morgan fingerprint density at radius 2 is 2.44 bits per heavy atom. The lowest BCUT2D eigenvalue weighted by Gasteiger charge is -2.23. The number of aromatic nitrogens is 1. The van der Waals surface area contributed by atoms with Crippen LogP contribution >= 0.6 is 11.8 Å². The number of nitrogens with zero attached hydrogens (tertiary/aromatic N) is 1. The maximum atomic E-state index is 5.75. The van der Waals surface area contributed by atoms with Gasteiger partial charge < -0.3 is 0 Å². The molecule has 0 aliphatic heterocycles. The number of fused-ring (bicyclic) bond motifs is 1. The molecule has 4 heteroatoms. The van der Waals surface area contributed by atoms with Gasteiger partial charge in [-0.3, -0.25) is 16.3 Å². The van der Waals surface area contributed by atoms with Crippen LogP contribution in [0.5, 0.6) is 0 Å². The molecule has 0 fully saturated rings. The lowest BCUT2D eigenvalue weighted by Crippen LogP contribution is -2.41. The number of nitrogens with one attached hydrogen (secondary N) is 1. The molecular weight excluding hydrogens is 242 g/mol. The number of aryl methyl sites for hydroxylation is 1. The van der Waals surface area contributed by atoms with Gasteiger partial charge >= 0.3 is 0 Å². The minimum absolute atomic E-state index is 0.333. The smallest absolute Gasteiger partial charge is 0.0482 e.